The summed E-state index contributed by atoms with van der Waals surface area (Å²) >= 11 is 0. The highest BCUT2D eigenvalue weighted by Gasteiger charge is 2.28. The molecule has 1 aromatic heterocycles. The van der Waals surface area contributed by atoms with E-state index in [2.05, 4.69) is 12.2 Å². The van der Waals surface area contributed by atoms with Crippen LogP contribution >= 0.6 is 0 Å². The van der Waals surface area contributed by atoms with E-state index < -0.39 is 17.2 Å². The Morgan fingerprint density at radius 1 is 1.22 bits per heavy atom. The highest BCUT2D eigenvalue weighted by molar-refractivity contribution is 5.71. The van der Waals surface area contributed by atoms with Gasteiger partial charge in [-0.15, -0.1) is 0 Å². The molecule has 0 bridgehead atoms. The van der Waals surface area contributed by atoms with E-state index in [0.717, 1.165) is 25.0 Å². The third-order valence-corrected chi connectivity index (χ3v) is 3.91. The molecule has 0 fully saturated rings. The lowest BCUT2D eigenvalue weighted by Crippen LogP contribution is -2.50. The SMILES string of the molecule is CCCCCC(=O)OCC(C)(C=Cc1cccn1C)NC(=O)OC(C)(C)C. The predicted octanol–water partition coefficient (Wildman–Crippen LogP) is 4.45. The fourth-order valence-corrected chi connectivity index (χ4v) is 2.40. The van der Waals surface area contributed by atoms with E-state index >= 15 is 0 Å². The zero-order valence-corrected chi connectivity index (χ0v) is 17.5. The van der Waals surface area contributed by atoms with E-state index in [1.807, 2.05) is 42.1 Å². The first-order chi connectivity index (χ1) is 12.5. The standard InChI is InChI=1S/C21H34N2O4/c1-7-8-9-12-18(24)26-16-21(5,22-19(25)27-20(2,3)4)14-13-17-11-10-15-23(17)6/h10-11,13-15H,7-9,12,16H2,1-6H3,(H,22,25). The summed E-state index contributed by atoms with van der Waals surface area (Å²) in [5.74, 6) is -0.257. The number of nitrogens with one attached hydrogen (secondary N) is 1. The molecule has 0 radical (unpaired) electrons. The zero-order chi connectivity index (χ0) is 20.5. The second-order valence-corrected chi connectivity index (χ2v) is 8.04. The number of unbranched alkanes of at least 4 members (excludes halogenated alkanes) is 2. The predicted molar refractivity (Wildman–Crippen MR) is 107 cm³/mol. The molecule has 1 rings (SSSR count). The van der Waals surface area contributed by atoms with Gasteiger partial charge in [-0.25, -0.2) is 4.79 Å². The number of carbonyl (C=O) groups is 2. The van der Waals surface area contributed by atoms with Gasteiger partial charge in [0.05, 0.1) is 5.54 Å². The molecule has 1 atom stereocenters. The van der Waals surface area contributed by atoms with Crippen molar-refractivity contribution in [2.45, 2.75) is 71.4 Å². The molecule has 27 heavy (non-hydrogen) atoms. The van der Waals surface area contributed by atoms with Crippen molar-refractivity contribution >= 4 is 18.1 Å². The fraction of sp³-hybridized carbons (Fsp3) is 0.619. The zero-order valence-electron chi connectivity index (χ0n) is 17.5. The van der Waals surface area contributed by atoms with Gasteiger partial charge in [-0.3, -0.25) is 4.79 Å². The van der Waals surface area contributed by atoms with E-state index in [4.69, 9.17) is 9.47 Å². The molecule has 0 aromatic carbocycles. The lowest BCUT2D eigenvalue weighted by Gasteiger charge is -2.29. The lowest BCUT2D eigenvalue weighted by molar-refractivity contribution is -0.145. The van der Waals surface area contributed by atoms with Gasteiger partial charge in [0, 0.05) is 25.4 Å². The van der Waals surface area contributed by atoms with Crippen LogP contribution in [0.1, 0.15) is 66.0 Å². The fourth-order valence-electron chi connectivity index (χ4n) is 2.40. The van der Waals surface area contributed by atoms with Crippen LogP contribution in [0.5, 0.6) is 0 Å². The highest BCUT2D eigenvalue weighted by Crippen LogP contribution is 2.15. The van der Waals surface area contributed by atoms with Gasteiger partial charge in [-0.2, -0.15) is 0 Å². The van der Waals surface area contributed by atoms with Crippen LogP contribution in [0.25, 0.3) is 6.08 Å². The Morgan fingerprint density at radius 3 is 2.48 bits per heavy atom. The van der Waals surface area contributed by atoms with Crippen molar-refractivity contribution in [3.8, 4) is 0 Å². The van der Waals surface area contributed by atoms with Crippen LogP contribution in [0.15, 0.2) is 24.4 Å². The molecular formula is C21H34N2O4. The van der Waals surface area contributed by atoms with E-state index in [-0.39, 0.29) is 12.6 Å². The Kier molecular flexibility index (Phi) is 8.60. The largest absolute Gasteiger partial charge is 0.463 e. The minimum absolute atomic E-state index is 0.0398. The molecular weight excluding hydrogens is 344 g/mol. The number of nitrogens with zero attached hydrogens (tertiary/aromatic N) is 1. The molecule has 6 nitrogen and oxygen atoms in total. The lowest BCUT2D eigenvalue weighted by atomic mass is 10.0. The number of aromatic nitrogens is 1. The summed E-state index contributed by atoms with van der Waals surface area (Å²) in [6.07, 6.45) is 8.34. The van der Waals surface area contributed by atoms with Crippen LogP contribution < -0.4 is 5.32 Å². The Morgan fingerprint density at radius 2 is 1.93 bits per heavy atom. The van der Waals surface area contributed by atoms with Gasteiger partial charge >= 0.3 is 12.1 Å². The molecule has 1 N–H and O–H groups in total. The summed E-state index contributed by atoms with van der Waals surface area (Å²) in [5.41, 5.74) is -0.516. The minimum atomic E-state index is -0.882. The molecule has 152 valence electrons. The maximum Gasteiger partial charge on any atom is 0.408 e. The quantitative estimate of drug-likeness (QED) is 0.509. The van der Waals surface area contributed by atoms with Gasteiger partial charge in [-0.1, -0.05) is 25.8 Å². The molecule has 6 heteroatoms. The van der Waals surface area contributed by atoms with Crippen LogP contribution in [0, 0.1) is 0 Å². The topological polar surface area (TPSA) is 69.6 Å². The van der Waals surface area contributed by atoms with Crippen LogP contribution in [0.2, 0.25) is 0 Å². The third-order valence-electron chi connectivity index (χ3n) is 3.91. The first kappa shape index (κ1) is 22.8. The molecule has 0 saturated heterocycles. The molecule has 0 aliphatic heterocycles. The molecule has 1 heterocycles. The van der Waals surface area contributed by atoms with Crippen molar-refractivity contribution in [2.24, 2.45) is 7.05 Å². The van der Waals surface area contributed by atoms with Crippen molar-refractivity contribution in [3.05, 3.63) is 30.1 Å². The van der Waals surface area contributed by atoms with Gasteiger partial charge in [0.1, 0.15) is 12.2 Å². The Bertz CT molecular complexity index is 643. The summed E-state index contributed by atoms with van der Waals surface area (Å²) in [5, 5.41) is 2.82. The van der Waals surface area contributed by atoms with Crippen molar-refractivity contribution in [3.63, 3.8) is 0 Å². The van der Waals surface area contributed by atoms with Gasteiger partial charge in [-0.05, 0) is 52.3 Å². The first-order valence-corrected chi connectivity index (χ1v) is 9.52. The Balaban J connectivity index is 2.81. The molecule has 0 saturated carbocycles. The summed E-state index contributed by atoms with van der Waals surface area (Å²) in [7, 11) is 1.94. The van der Waals surface area contributed by atoms with Gasteiger partial charge in [0.15, 0.2) is 0 Å². The van der Waals surface area contributed by atoms with Gasteiger partial charge in [0.25, 0.3) is 0 Å². The number of rotatable bonds is 9. The summed E-state index contributed by atoms with van der Waals surface area (Å²) in [4.78, 5) is 24.2. The summed E-state index contributed by atoms with van der Waals surface area (Å²) in [6, 6.07) is 3.90. The summed E-state index contributed by atoms with van der Waals surface area (Å²) in [6.45, 7) is 9.34. The van der Waals surface area contributed by atoms with Gasteiger partial charge < -0.3 is 19.4 Å². The third kappa shape index (κ3) is 9.31. The molecule has 0 spiro atoms. The number of carbonyl (C=O) groups excluding carboxylic acids is 2. The normalized spacial score (nSPS) is 14.0. The number of amides is 1. The highest BCUT2D eigenvalue weighted by atomic mass is 16.6. The van der Waals surface area contributed by atoms with Crippen molar-refractivity contribution in [1.82, 2.24) is 9.88 Å². The van der Waals surface area contributed by atoms with Crippen LogP contribution in [0.4, 0.5) is 4.79 Å². The second kappa shape index (κ2) is 10.2. The molecule has 1 amide bonds. The van der Waals surface area contributed by atoms with Crippen molar-refractivity contribution in [1.29, 1.82) is 0 Å². The number of esters is 1. The minimum Gasteiger partial charge on any atom is -0.463 e. The number of hydrogen-bond acceptors (Lipinski definition) is 4. The maximum atomic E-state index is 12.2. The van der Waals surface area contributed by atoms with Crippen LogP contribution in [0.3, 0.4) is 0 Å². The van der Waals surface area contributed by atoms with Crippen molar-refractivity contribution in [2.75, 3.05) is 6.61 Å². The molecule has 0 aliphatic rings. The number of ether oxygens (including phenoxy) is 2. The first-order valence-electron chi connectivity index (χ1n) is 9.52. The number of alkyl carbamates (subject to hydrolysis) is 1. The van der Waals surface area contributed by atoms with E-state index in [1.165, 1.54) is 0 Å². The monoisotopic (exact) mass is 378 g/mol. The average molecular weight is 379 g/mol. The van der Waals surface area contributed by atoms with Crippen molar-refractivity contribution < 1.29 is 19.1 Å². The van der Waals surface area contributed by atoms with Crippen LogP contribution in [-0.4, -0.2) is 34.4 Å². The molecule has 1 unspecified atom stereocenters. The maximum absolute atomic E-state index is 12.2. The smallest absolute Gasteiger partial charge is 0.408 e. The Labute approximate surface area is 162 Å². The van der Waals surface area contributed by atoms with E-state index in [9.17, 15) is 9.59 Å². The molecule has 0 aliphatic carbocycles. The number of hydrogen-bond donors (Lipinski definition) is 1. The average Bonchev–Trinajstić information content (AvgIpc) is 2.95. The van der Waals surface area contributed by atoms with E-state index in [0.29, 0.717) is 6.42 Å². The number of aryl methyl sites for hydroxylation is 1. The van der Waals surface area contributed by atoms with E-state index in [1.54, 1.807) is 27.7 Å². The van der Waals surface area contributed by atoms with Gasteiger partial charge in [0.2, 0.25) is 0 Å². The second-order valence-electron chi connectivity index (χ2n) is 8.04. The Hall–Kier alpha value is -2.24. The molecule has 1 aromatic rings. The summed E-state index contributed by atoms with van der Waals surface area (Å²) < 4.78 is 12.7. The van der Waals surface area contributed by atoms with Crippen LogP contribution in [-0.2, 0) is 21.3 Å².